The van der Waals surface area contributed by atoms with Crippen LogP contribution >= 0.6 is 0 Å². The Morgan fingerprint density at radius 1 is 0.763 bits per heavy atom. The van der Waals surface area contributed by atoms with Crippen LogP contribution in [0.25, 0.3) is 11.0 Å². The Kier molecular flexibility index (Phi) is 8.21. The first-order valence-electron chi connectivity index (χ1n) is 12.4. The molecular weight excluding hydrogens is 488 g/mol. The maximum Gasteiger partial charge on any atom is 0.343 e. The minimum Gasteiger partial charge on any atom is -0.490 e. The molecule has 38 heavy (non-hydrogen) atoms. The van der Waals surface area contributed by atoms with E-state index >= 15 is 0 Å². The average Bonchev–Trinajstić information content (AvgIpc) is 2.87. The third kappa shape index (κ3) is 5.91. The van der Waals surface area contributed by atoms with Gasteiger partial charge in [0, 0.05) is 6.07 Å². The molecule has 1 aromatic heterocycles. The molecule has 198 valence electrons. The summed E-state index contributed by atoms with van der Waals surface area (Å²) in [5.41, 5.74) is 2.18. The average molecular weight is 519 g/mol. The van der Waals surface area contributed by atoms with Crippen molar-refractivity contribution >= 4 is 16.9 Å². The van der Waals surface area contributed by atoms with E-state index in [4.69, 9.17) is 28.1 Å². The van der Waals surface area contributed by atoms with Gasteiger partial charge in [0.25, 0.3) is 0 Å². The van der Waals surface area contributed by atoms with Gasteiger partial charge in [-0.2, -0.15) is 0 Å². The highest BCUT2D eigenvalue weighted by molar-refractivity contribution is 5.93. The van der Waals surface area contributed by atoms with Gasteiger partial charge in [-0.25, -0.2) is 4.79 Å². The van der Waals surface area contributed by atoms with Crippen molar-refractivity contribution in [1.82, 2.24) is 0 Å². The lowest BCUT2D eigenvalue weighted by molar-refractivity contribution is 0.0733. The van der Waals surface area contributed by atoms with E-state index in [-0.39, 0.29) is 28.1 Å². The van der Waals surface area contributed by atoms with Crippen molar-refractivity contribution in [3.8, 4) is 34.5 Å². The third-order valence-corrected chi connectivity index (χ3v) is 5.49. The monoisotopic (exact) mass is 518 g/mol. The van der Waals surface area contributed by atoms with Gasteiger partial charge in [-0.1, -0.05) is 6.07 Å². The van der Waals surface area contributed by atoms with Gasteiger partial charge in [0.2, 0.25) is 16.9 Å². The number of ether oxygens (including phenoxy) is 5. The number of carbonyl (C=O) groups is 1. The van der Waals surface area contributed by atoms with Crippen LogP contribution in [0.2, 0.25) is 0 Å². The summed E-state index contributed by atoms with van der Waals surface area (Å²) >= 11 is 0. The van der Waals surface area contributed by atoms with E-state index in [1.807, 2.05) is 52.8 Å². The molecule has 0 aliphatic carbocycles. The van der Waals surface area contributed by atoms with Crippen LogP contribution in [-0.2, 0) is 0 Å². The number of rotatable bonds is 10. The topological polar surface area (TPSA) is 93.4 Å². The first-order valence-corrected chi connectivity index (χ1v) is 12.4. The molecule has 0 atom stereocenters. The molecule has 0 aliphatic heterocycles. The zero-order valence-corrected chi connectivity index (χ0v) is 22.1. The number of hydrogen-bond acceptors (Lipinski definition) is 8. The fourth-order valence-corrected chi connectivity index (χ4v) is 4.02. The molecule has 0 spiro atoms. The van der Waals surface area contributed by atoms with Crippen LogP contribution in [0.3, 0.4) is 0 Å². The van der Waals surface area contributed by atoms with E-state index in [1.165, 1.54) is 24.5 Å². The molecule has 0 amide bonds. The van der Waals surface area contributed by atoms with Crippen LogP contribution in [0.4, 0.5) is 0 Å². The molecule has 0 aliphatic rings. The summed E-state index contributed by atoms with van der Waals surface area (Å²) in [5.74, 6) is 1.38. The van der Waals surface area contributed by atoms with E-state index in [0.717, 1.165) is 11.1 Å². The standard InChI is InChI=1S/C30H30O8/c1-6-33-25-14-20(15-26(34-7-2)29(25)35-8-3)30(32)38-21-9-10-23-24(16-21)36-17-27(28(23)31)37-22-12-18(4)11-19(5)13-22/h9-17H,6-8H2,1-5H3. The molecule has 0 unspecified atom stereocenters. The summed E-state index contributed by atoms with van der Waals surface area (Å²) in [5, 5.41) is 0.296. The van der Waals surface area contributed by atoms with Crippen molar-refractivity contribution in [2.45, 2.75) is 34.6 Å². The molecule has 0 radical (unpaired) electrons. The zero-order valence-electron chi connectivity index (χ0n) is 22.1. The van der Waals surface area contributed by atoms with Crippen LogP contribution in [0.1, 0.15) is 42.3 Å². The van der Waals surface area contributed by atoms with Crippen molar-refractivity contribution in [1.29, 1.82) is 0 Å². The zero-order chi connectivity index (χ0) is 27.2. The highest BCUT2D eigenvalue weighted by Gasteiger charge is 2.20. The Hall–Kier alpha value is -4.46. The van der Waals surface area contributed by atoms with E-state index in [1.54, 1.807) is 12.1 Å². The normalized spacial score (nSPS) is 10.8. The van der Waals surface area contributed by atoms with Crippen LogP contribution in [0.5, 0.6) is 34.5 Å². The Morgan fingerprint density at radius 3 is 2.00 bits per heavy atom. The maximum atomic E-state index is 13.0. The SMILES string of the molecule is CCOc1cc(C(=O)Oc2ccc3c(=O)c(Oc4cc(C)cc(C)c4)coc3c2)cc(OCC)c1OCC. The summed E-state index contributed by atoms with van der Waals surface area (Å²) in [6, 6.07) is 13.3. The lowest BCUT2D eigenvalue weighted by Crippen LogP contribution is -2.11. The van der Waals surface area contributed by atoms with E-state index in [2.05, 4.69) is 0 Å². The number of hydrogen-bond donors (Lipinski definition) is 0. The molecular formula is C30H30O8. The van der Waals surface area contributed by atoms with Gasteiger partial charge < -0.3 is 28.1 Å². The molecule has 3 aromatic carbocycles. The molecule has 0 bridgehead atoms. The summed E-state index contributed by atoms with van der Waals surface area (Å²) in [4.78, 5) is 26.0. The van der Waals surface area contributed by atoms with Gasteiger partial charge in [-0.3, -0.25) is 4.79 Å². The first kappa shape index (κ1) is 26.6. The Bertz CT molecular complexity index is 1470. The third-order valence-electron chi connectivity index (χ3n) is 5.49. The maximum absolute atomic E-state index is 13.0. The minimum absolute atomic E-state index is 0.0635. The molecule has 0 fully saturated rings. The first-order chi connectivity index (χ1) is 18.3. The smallest absolute Gasteiger partial charge is 0.343 e. The molecule has 0 saturated carbocycles. The van der Waals surface area contributed by atoms with Crippen molar-refractivity contribution in [3.05, 3.63) is 81.7 Å². The Labute approximate surface area is 220 Å². The van der Waals surface area contributed by atoms with Crippen LogP contribution in [0.15, 0.2) is 64.0 Å². The lowest BCUT2D eigenvalue weighted by Gasteiger charge is -2.16. The van der Waals surface area contributed by atoms with Crippen molar-refractivity contribution in [3.63, 3.8) is 0 Å². The quantitative estimate of drug-likeness (QED) is 0.171. The fourth-order valence-electron chi connectivity index (χ4n) is 4.02. The number of carbonyl (C=O) groups excluding carboxylic acids is 1. The van der Waals surface area contributed by atoms with Crippen molar-refractivity contribution < 1.29 is 32.9 Å². The lowest BCUT2D eigenvalue weighted by atomic mass is 10.1. The van der Waals surface area contributed by atoms with Crippen LogP contribution in [0, 0.1) is 13.8 Å². The molecule has 1 heterocycles. The van der Waals surface area contributed by atoms with Crippen molar-refractivity contribution in [2.24, 2.45) is 0 Å². The fraction of sp³-hybridized carbons (Fsp3) is 0.267. The van der Waals surface area contributed by atoms with Crippen molar-refractivity contribution in [2.75, 3.05) is 19.8 Å². The molecule has 0 saturated heterocycles. The predicted octanol–water partition coefficient (Wildman–Crippen LogP) is 6.62. The van der Waals surface area contributed by atoms with Gasteiger partial charge in [0.15, 0.2) is 11.5 Å². The molecule has 0 N–H and O–H groups in total. The van der Waals surface area contributed by atoms with E-state index < -0.39 is 5.97 Å². The Balaban J connectivity index is 1.60. The molecule has 8 nitrogen and oxygen atoms in total. The second-order valence-electron chi connectivity index (χ2n) is 8.50. The molecule has 4 rings (SSSR count). The number of benzene rings is 3. The van der Waals surface area contributed by atoms with E-state index in [9.17, 15) is 9.59 Å². The van der Waals surface area contributed by atoms with Gasteiger partial charge in [0.05, 0.1) is 30.8 Å². The second-order valence-corrected chi connectivity index (χ2v) is 8.50. The van der Waals surface area contributed by atoms with Crippen LogP contribution in [-0.4, -0.2) is 25.8 Å². The second kappa shape index (κ2) is 11.7. The van der Waals surface area contributed by atoms with Gasteiger partial charge in [0.1, 0.15) is 23.3 Å². The number of fused-ring (bicyclic) bond motifs is 1. The van der Waals surface area contributed by atoms with Gasteiger partial charge >= 0.3 is 5.97 Å². The number of aryl methyl sites for hydroxylation is 2. The highest BCUT2D eigenvalue weighted by Crippen LogP contribution is 2.39. The highest BCUT2D eigenvalue weighted by atomic mass is 16.5. The molecule has 4 aromatic rings. The predicted molar refractivity (Wildman–Crippen MR) is 143 cm³/mol. The Morgan fingerprint density at radius 2 is 1.39 bits per heavy atom. The molecule has 8 heteroatoms. The van der Waals surface area contributed by atoms with Gasteiger partial charge in [-0.15, -0.1) is 0 Å². The number of esters is 1. The summed E-state index contributed by atoms with van der Waals surface area (Å²) in [7, 11) is 0. The largest absolute Gasteiger partial charge is 0.490 e. The van der Waals surface area contributed by atoms with Gasteiger partial charge in [-0.05, 0) is 82.1 Å². The summed E-state index contributed by atoms with van der Waals surface area (Å²) in [6.45, 7) is 10.6. The van der Waals surface area contributed by atoms with Crippen LogP contribution < -0.4 is 29.1 Å². The van der Waals surface area contributed by atoms with E-state index in [0.29, 0.717) is 48.2 Å². The summed E-state index contributed by atoms with van der Waals surface area (Å²) < 4.78 is 34.1. The summed E-state index contributed by atoms with van der Waals surface area (Å²) in [6.07, 6.45) is 1.25. The minimum atomic E-state index is -0.633.